The summed E-state index contributed by atoms with van der Waals surface area (Å²) in [4.78, 5) is 25.3. The molecule has 6 nitrogen and oxygen atoms in total. The molecule has 8 heteroatoms. The number of aromatic amines is 2. The van der Waals surface area contributed by atoms with Gasteiger partial charge in [0, 0.05) is 36.7 Å². The van der Waals surface area contributed by atoms with Gasteiger partial charge in [0.25, 0.3) is 5.91 Å². The van der Waals surface area contributed by atoms with Crippen LogP contribution in [0.3, 0.4) is 0 Å². The number of nitrogens with zero attached hydrogens (tertiary/aromatic N) is 2. The largest absolute Gasteiger partial charge is 0.373 e. The van der Waals surface area contributed by atoms with Crippen molar-refractivity contribution in [3.05, 3.63) is 45.5 Å². The summed E-state index contributed by atoms with van der Waals surface area (Å²) >= 11 is 12.5. The summed E-state index contributed by atoms with van der Waals surface area (Å²) in [6.07, 6.45) is 2.34. The van der Waals surface area contributed by atoms with Crippen molar-refractivity contribution >= 4 is 45.8 Å². The molecule has 4 rings (SSSR count). The van der Waals surface area contributed by atoms with E-state index in [1.165, 1.54) is 0 Å². The molecule has 0 saturated carbocycles. The van der Waals surface area contributed by atoms with Crippen LogP contribution < -0.4 is 5.32 Å². The van der Waals surface area contributed by atoms with Gasteiger partial charge in [-0.1, -0.05) is 29.3 Å². The molecule has 2 aromatic heterocycles. The summed E-state index contributed by atoms with van der Waals surface area (Å²) in [5, 5.41) is 4.98. The lowest BCUT2D eigenvalue weighted by Gasteiger charge is -2.33. The molecule has 1 aliphatic rings. The molecule has 0 aliphatic carbocycles. The minimum Gasteiger partial charge on any atom is -0.373 e. The third kappa shape index (κ3) is 2.48. The van der Waals surface area contributed by atoms with Crippen LogP contribution in [0.25, 0.3) is 10.9 Å². The van der Waals surface area contributed by atoms with Crippen LogP contribution in [0, 0.1) is 0 Å². The highest BCUT2D eigenvalue weighted by molar-refractivity contribution is 6.45. The normalized spacial score (nSPS) is 17.0. The molecule has 0 saturated heterocycles. The van der Waals surface area contributed by atoms with E-state index in [2.05, 4.69) is 20.3 Å². The first-order chi connectivity index (χ1) is 12.0. The number of anilines is 1. The monoisotopic (exact) mass is 377 g/mol. The van der Waals surface area contributed by atoms with Crippen LogP contribution in [0.15, 0.2) is 18.3 Å². The Balaban J connectivity index is 1.74. The summed E-state index contributed by atoms with van der Waals surface area (Å²) < 4.78 is 0. The van der Waals surface area contributed by atoms with Gasteiger partial charge < -0.3 is 20.2 Å². The zero-order valence-corrected chi connectivity index (χ0v) is 15.3. The van der Waals surface area contributed by atoms with Crippen molar-refractivity contribution in [2.45, 2.75) is 19.4 Å². The number of fused-ring (bicyclic) bond motifs is 3. The quantitative estimate of drug-likeness (QED) is 0.631. The number of nitrogens with one attached hydrogen (secondary N) is 3. The van der Waals surface area contributed by atoms with Gasteiger partial charge in [0.15, 0.2) is 5.82 Å². The Hall–Kier alpha value is -2.18. The molecule has 0 bridgehead atoms. The molecule has 1 aromatic carbocycles. The van der Waals surface area contributed by atoms with Crippen molar-refractivity contribution in [1.82, 2.24) is 19.9 Å². The van der Waals surface area contributed by atoms with E-state index in [1.54, 1.807) is 19.3 Å². The SMILES string of the molecule is CNc1cnc(C(=O)N2CCc3[nH]c4c(Cl)c(Cl)ccc4c3[C@H]2C)[nH]1. The number of carbonyl (C=O) groups is 1. The van der Waals surface area contributed by atoms with Crippen LogP contribution in [-0.4, -0.2) is 39.4 Å². The van der Waals surface area contributed by atoms with Crippen LogP contribution in [-0.2, 0) is 6.42 Å². The maximum atomic E-state index is 12.9. The second kappa shape index (κ2) is 5.97. The van der Waals surface area contributed by atoms with Crippen molar-refractivity contribution < 1.29 is 4.79 Å². The maximum absolute atomic E-state index is 12.9. The van der Waals surface area contributed by atoms with Crippen LogP contribution in [0.1, 0.15) is 34.8 Å². The molecule has 0 spiro atoms. The lowest BCUT2D eigenvalue weighted by Crippen LogP contribution is -2.39. The summed E-state index contributed by atoms with van der Waals surface area (Å²) in [6, 6.07) is 3.65. The fraction of sp³-hybridized carbons (Fsp3) is 0.294. The van der Waals surface area contributed by atoms with Gasteiger partial charge in [-0.05, 0) is 13.0 Å². The number of carbonyl (C=O) groups excluding carboxylic acids is 1. The zero-order chi connectivity index (χ0) is 17.7. The number of hydrogen-bond donors (Lipinski definition) is 3. The van der Waals surface area contributed by atoms with E-state index in [-0.39, 0.29) is 11.9 Å². The molecule has 1 atom stereocenters. The molecule has 3 N–H and O–H groups in total. The van der Waals surface area contributed by atoms with Gasteiger partial charge in [0.1, 0.15) is 5.82 Å². The third-order valence-electron chi connectivity index (χ3n) is 4.78. The van der Waals surface area contributed by atoms with Gasteiger partial charge in [0.05, 0.1) is 27.8 Å². The molecule has 3 heterocycles. The predicted octanol–water partition coefficient (Wildman–Crippen LogP) is 4.00. The first-order valence-electron chi connectivity index (χ1n) is 8.03. The minimum atomic E-state index is -0.117. The lowest BCUT2D eigenvalue weighted by atomic mass is 9.97. The van der Waals surface area contributed by atoms with Crippen molar-refractivity contribution in [3.8, 4) is 0 Å². The van der Waals surface area contributed by atoms with E-state index in [0.717, 1.165) is 28.6 Å². The standard InChI is InChI=1S/C17H17Cl2N5O/c1-8-13-9-3-4-10(18)14(19)15(9)22-11(13)5-6-24(8)17(25)16-21-7-12(20-2)23-16/h3-4,7-8,20,22H,5-6H2,1-2H3,(H,21,23)/t8-/m1/s1. The van der Waals surface area contributed by atoms with E-state index in [0.29, 0.717) is 28.2 Å². The van der Waals surface area contributed by atoms with Gasteiger partial charge in [-0.25, -0.2) is 4.98 Å². The fourth-order valence-electron chi connectivity index (χ4n) is 3.50. The van der Waals surface area contributed by atoms with E-state index >= 15 is 0 Å². The Kier molecular flexibility index (Phi) is 3.89. The summed E-state index contributed by atoms with van der Waals surface area (Å²) in [5.74, 6) is 0.928. The van der Waals surface area contributed by atoms with Crippen LogP contribution in [0.4, 0.5) is 5.82 Å². The highest BCUT2D eigenvalue weighted by atomic mass is 35.5. The summed E-state index contributed by atoms with van der Waals surface area (Å²) in [6.45, 7) is 2.63. The molecule has 0 fully saturated rings. The fourth-order valence-corrected chi connectivity index (χ4v) is 3.87. The van der Waals surface area contributed by atoms with Gasteiger partial charge in [-0.15, -0.1) is 0 Å². The van der Waals surface area contributed by atoms with E-state index < -0.39 is 0 Å². The molecule has 0 unspecified atom stereocenters. The topological polar surface area (TPSA) is 76.8 Å². The van der Waals surface area contributed by atoms with Gasteiger partial charge >= 0.3 is 0 Å². The number of amides is 1. The molecule has 130 valence electrons. The van der Waals surface area contributed by atoms with Crippen molar-refractivity contribution in [1.29, 1.82) is 0 Å². The molecular weight excluding hydrogens is 361 g/mol. The van der Waals surface area contributed by atoms with Crippen LogP contribution in [0.5, 0.6) is 0 Å². The molecule has 1 aliphatic heterocycles. The second-order valence-electron chi connectivity index (χ2n) is 6.12. The Labute approximate surface area is 154 Å². The first-order valence-corrected chi connectivity index (χ1v) is 8.79. The van der Waals surface area contributed by atoms with Gasteiger partial charge in [0.2, 0.25) is 0 Å². The lowest BCUT2D eigenvalue weighted by molar-refractivity contribution is 0.0667. The van der Waals surface area contributed by atoms with Crippen molar-refractivity contribution in [2.75, 3.05) is 18.9 Å². The number of hydrogen-bond acceptors (Lipinski definition) is 3. The molecular formula is C17H17Cl2N5O. The van der Waals surface area contributed by atoms with E-state index in [4.69, 9.17) is 23.2 Å². The Morgan fingerprint density at radius 1 is 1.36 bits per heavy atom. The second-order valence-corrected chi connectivity index (χ2v) is 6.91. The molecule has 3 aromatic rings. The number of aromatic nitrogens is 3. The third-order valence-corrected chi connectivity index (χ3v) is 5.59. The average Bonchev–Trinajstić information content (AvgIpc) is 3.23. The van der Waals surface area contributed by atoms with E-state index in [9.17, 15) is 4.79 Å². The summed E-state index contributed by atoms with van der Waals surface area (Å²) in [7, 11) is 1.78. The number of imidazole rings is 1. The maximum Gasteiger partial charge on any atom is 0.290 e. The van der Waals surface area contributed by atoms with Crippen LogP contribution >= 0.6 is 23.2 Å². The summed E-state index contributed by atoms with van der Waals surface area (Å²) in [5.41, 5.74) is 3.02. The predicted molar refractivity (Wildman–Crippen MR) is 99.6 cm³/mol. The smallest absolute Gasteiger partial charge is 0.290 e. The highest BCUT2D eigenvalue weighted by Crippen LogP contribution is 2.40. The molecule has 1 amide bonds. The number of benzene rings is 1. The molecule has 25 heavy (non-hydrogen) atoms. The Bertz CT molecular complexity index is 977. The van der Waals surface area contributed by atoms with Gasteiger partial charge in [-0.2, -0.15) is 0 Å². The number of halogens is 2. The minimum absolute atomic E-state index is 0.0922. The number of rotatable bonds is 2. The van der Waals surface area contributed by atoms with Gasteiger partial charge in [-0.3, -0.25) is 4.79 Å². The Morgan fingerprint density at radius 3 is 2.88 bits per heavy atom. The highest BCUT2D eigenvalue weighted by Gasteiger charge is 2.32. The van der Waals surface area contributed by atoms with E-state index in [1.807, 2.05) is 17.9 Å². The number of H-pyrrole nitrogens is 2. The van der Waals surface area contributed by atoms with Crippen LogP contribution in [0.2, 0.25) is 10.0 Å². The average molecular weight is 378 g/mol. The first kappa shape index (κ1) is 16.3. The molecule has 0 radical (unpaired) electrons. The van der Waals surface area contributed by atoms with Crippen molar-refractivity contribution in [3.63, 3.8) is 0 Å². The van der Waals surface area contributed by atoms with Crippen molar-refractivity contribution in [2.24, 2.45) is 0 Å². The zero-order valence-electron chi connectivity index (χ0n) is 13.8. The Morgan fingerprint density at radius 2 is 2.16 bits per heavy atom.